The molecule has 0 saturated heterocycles. The molecule has 0 radical (unpaired) electrons. The van der Waals surface area contributed by atoms with Gasteiger partial charge in [0.1, 0.15) is 5.69 Å². The second-order valence-electron chi connectivity index (χ2n) is 3.48. The first-order valence-corrected chi connectivity index (χ1v) is 5.11. The molecule has 1 aromatic carbocycles. The van der Waals surface area contributed by atoms with Gasteiger partial charge in [-0.25, -0.2) is 0 Å². The second-order valence-corrected chi connectivity index (χ2v) is 3.89. The molecule has 0 bridgehead atoms. The molecule has 2 aromatic heterocycles. The number of aromatic nitrogens is 2. The predicted molar refractivity (Wildman–Crippen MR) is 63.2 cm³/mol. The number of fused-ring (bicyclic) bond motifs is 1. The molecule has 3 rings (SSSR count). The highest BCUT2D eigenvalue weighted by atomic mass is 35.5. The molecule has 0 unspecified atom stereocenters. The average Bonchev–Trinajstić information content (AvgIpc) is 2.84. The molecule has 0 aliphatic heterocycles. The molecule has 4 nitrogen and oxygen atoms in total. The molecule has 0 fully saturated rings. The van der Waals surface area contributed by atoms with Crippen LogP contribution >= 0.6 is 11.6 Å². The van der Waals surface area contributed by atoms with Gasteiger partial charge in [0.15, 0.2) is 0 Å². The van der Waals surface area contributed by atoms with Crippen LogP contribution in [0.25, 0.3) is 22.2 Å². The summed E-state index contributed by atoms with van der Waals surface area (Å²) in [5.74, 6) is 0.298. The third kappa shape index (κ3) is 1.27. The lowest BCUT2D eigenvalue weighted by atomic mass is 10.1. The van der Waals surface area contributed by atoms with Crippen molar-refractivity contribution in [2.75, 3.05) is 5.73 Å². The van der Waals surface area contributed by atoms with Gasteiger partial charge in [-0.05, 0) is 6.07 Å². The van der Waals surface area contributed by atoms with E-state index in [2.05, 4.69) is 10.1 Å². The minimum Gasteiger partial charge on any atom is -0.368 e. The van der Waals surface area contributed by atoms with Crippen molar-refractivity contribution in [2.45, 2.75) is 0 Å². The van der Waals surface area contributed by atoms with Crippen LogP contribution in [-0.2, 0) is 0 Å². The number of nitrogen functional groups attached to an aromatic ring is 1. The van der Waals surface area contributed by atoms with Gasteiger partial charge in [-0.15, -0.1) is 0 Å². The topological polar surface area (TPSA) is 67.8 Å². The van der Waals surface area contributed by atoms with Crippen molar-refractivity contribution in [1.29, 1.82) is 0 Å². The van der Waals surface area contributed by atoms with Gasteiger partial charge in [-0.3, -0.25) is 0 Å². The highest BCUT2D eigenvalue weighted by Crippen LogP contribution is 2.31. The molecule has 3 N–H and O–H groups in total. The maximum Gasteiger partial charge on any atom is 0.222 e. The number of aromatic amines is 1. The number of rotatable bonds is 1. The highest BCUT2D eigenvalue weighted by Gasteiger charge is 2.11. The molecular formula is C11H8ClN3O. The zero-order chi connectivity index (χ0) is 11.1. The minimum absolute atomic E-state index is 0.298. The average molecular weight is 234 g/mol. The van der Waals surface area contributed by atoms with Crippen molar-refractivity contribution in [2.24, 2.45) is 0 Å². The number of halogens is 1. The highest BCUT2D eigenvalue weighted by molar-refractivity contribution is 6.35. The van der Waals surface area contributed by atoms with E-state index >= 15 is 0 Å². The van der Waals surface area contributed by atoms with E-state index in [0.717, 1.165) is 16.5 Å². The molecule has 0 saturated carbocycles. The summed E-state index contributed by atoms with van der Waals surface area (Å²) < 4.78 is 4.85. The molecule has 80 valence electrons. The summed E-state index contributed by atoms with van der Waals surface area (Å²) in [5, 5.41) is 5.56. The van der Waals surface area contributed by atoms with Crippen molar-refractivity contribution in [3.63, 3.8) is 0 Å². The van der Waals surface area contributed by atoms with E-state index in [0.29, 0.717) is 16.6 Å². The normalized spacial score (nSPS) is 11.1. The first-order chi connectivity index (χ1) is 7.75. The molecule has 0 aliphatic carbocycles. The Bertz CT molecular complexity index is 656. The van der Waals surface area contributed by atoms with Gasteiger partial charge in [-0.1, -0.05) is 28.9 Å². The minimum atomic E-state index is 0.298. The van der Waals surface area contributed by atoms with E-state index in [1.54, 1.807) is 6.07 Å². The molecule has 16 heavy (non-hydrogen) atoms. The van der Waals surface area contributed by atoms with Crippen molar-refractivity contribution in [3.05, 3.63) is 35.5 Å². The van der Waals surface area contributed by atoms with Gasteiger partial charge in [0.25, 0.3) is 0 Å². The predicted octanol–water partition coefficient (Wildman–Crippen LogP) is 3.06. The molecule has 0 atom stereocenters. The fourth-order valence-electron chi connectivity index (χ4n) is 1.75. The lowest BCUT2D eigenvalue weighted by molar-refractivity contribution is 0.439. The van der Waals surface area contributed by atoms with E-state index in [1.165, 1.54) is 0 Å². The summed E-state index contributed by atoms with van der Waals surface area (Å²) in [4.78, 5) is 3.11. The molecule has 2 heterocycles. The fraction of sp³-hybridized carbons (Fsp3) is 0. The largest absolute Gasteiger partial charge is 0.368 e. The van der Waals surface area contributed by atoms with Gasteiger partial charge in [-0.2, -0.15) is 0 Å². The number of benzene rings is 1. The van der Waals surface area contributed by atoms with Gasteiger partial charge in [0.05, 0.1) is 10.5 Å². The Balaban J connectivity index is 2.29. The summed E-state index contributed by atoms with van der Waals surface area (Å²) in [6, 6.07) is 7.38. The van der Waals surface area contributed by atoms with Crippen LogP contribution in [0, 0.1) is 0 Å². The summed E-state index contributed by atoms with van der Waals surface area (Å²) in [6.45, 7) is 0. The summed E-state index contributed by atoms with van der Waals surface area (Å²) in [6.07, 6.45) is 1.84. The third-order valence-corrected chi connectivity index (χ3v) is 2.78. The van der Waals surface area contributed by atoms with Crippen LogP contribution in [0.4, 0.5) is 5.88 Å². The summed E-state index contributed by atoms with van der Waals surface area (Å²) >= 11 is 6.06. The zero-order valence-corrected chi connectivity index (χ0v) is 8.95. The number of nitrogens with two attached hydrogens (primary N) is 1. The van der Waals surface area contributed by atoms with Crippen LogP contribution in [0.15, 0.2) is 35.0 Å². The molecule has 0 amide bonds. The van der Waals surface area contributed by atoms with E-state index in [9.17, 15) is 0 Å². The molecule has 0 aliphatic rings. The number of nitrogens with one attached hydrogen (secondary N) is 1. The monoisotopic (exact) mass is 233 g/mol. The Labute approximate surface area is 96.0 Å². The maximum absolute atomic E-state index is 6.06. The maximum atomic E-state index is 6.06. The quantitative estimate of drug-likeness (QED) is 0.679. The first-order valence-electron chi connectivity index (χ1n) is 4.74. The van der Waals surface area contributed by atoms with E-state index in [4.69, 9.17) is 21.9 Å². The number of para-hydroxylation sites is 1. The van der Waals surface area contributed by atoms with E-state index < -0.39 is 0 Å². The fourth-order valence-corrected chi connectivity index (χ4v) is 1.97. The van der Waals surface area contributed by atoms with Crippen LogP contribution in [0.1, 0.15) is 0 Å². The number of nitrogens with zero attached hydrogens (tertiary/aromatic N) is 1. The standard InChI is InChI=1S/C11H8ClN3O/c12-8-3-1-2-6-7(5-14-11(6)8)9-4-10(13)16-15-9/h1-5,14H,13H2. The Hall–Kier alpha value is -1.94. The summed E-state index contributed by atoms with van der Waals surface area (Å²) in [5.41, 5.74) is 8.01. The van der Waals surface area contributed by atoms with Gasteiger partial charge >= 0.3 is 0 Å². The van der Waals surface area contributed by atoms with Gasteiger partial charge < -0.3 is 15.2 Å². The molecule has 3 aromatic rings. The van der Waals surface area contributed by atoms with Crippen LogP contribution in [0.3, 0.4) is 0 Å². The van der Waals surface area contributed by atoms with Crippen LogP contribution < -0.4 is 5.73 Å². The Kier molecular flexibility index (Phi) is 1.91. The second kappa shape index (κ2) is 3.28. The van der Waals surface area contributed by atoms with Crippen molar-refractivity contribution in [3.8, 4) is 11.3 Å². The van der Waals surface area contributed by atoms with Crippen molar-refractivity contribution < 1.29 is 4.52 Å². The summed E-state index contributed by atoms with van der Waals surface area (Å²) in [7, 11) is 0. The number of H-pyrrole nitrogens is 1. The van der Waals surface area contributed by atoms with Gasteiger partial charge in [0, 0.05) is 23.2 Å². The Morgan fingerprint density at radius 3 is 3.00 bits per heavy atom. The van der Waals surface area contributed by atoms with Crippen molar-refractivity contribution in [1.82, 2.24) is 10.1 Å². The van der Waals surface area contributed by atoms with Crippen LogP contribution in [0.2, 0.25) is 5.02 Å². The third-order valence-electron chi connectivity index (χ3n) is 2.47. The number of hydrogen-bond acceptors (Lipinski definition) is 3. The van der Waals surface area contributed by atoms with E-state index in [-0.39, 0.29) is 0 Å². The molecule has 5 heteroatoms. The number of hydrogen-bond donors (Lipinski definition) is 2. The lowest BCUT2D eigenvalue weighted by Crippen LogP contribution is -1.76. The van der Waals surface area contributed by atoms with Gasteiger partial charge in [0.2, 0.25) is 5.88 Å². The SMILES string of the molecule is Nc1cc(-c2c[nH]c3c(Cl)cccc23)no1. The van der Waals surface area contributed by atoms with E-state index in [1.807, 2.05) is 24.4 Å². The first kappa shape index (κ1) is 9.30. The molecule has 0 spiro atoms. The smallest absolute Gasteiger partial charge is 0.222 e. The Morgan fingerprint density at radius 1 is 1.38 bits per heavy atom. The lowest BCUT2D eigenvalue weighted by Gasteiger charge is -1.94. The number of anilines is 1. The molecular weight excluding hydrogens is 226 g/mol. The van der Waals surface area contributed by atoms with Crippen LogP contribution in [-0.4, -0.2) is 10.1 Å². The zero-order valence-electron chi connectivity index (χ0n) is 8.20. The Morgan fingerprint density at radius 2 is 2.25 bits per heavy atom. The van der Waals surface area contributed by atoms with Crippen molar-refractivity contribution >= 4 is 28.4 Å². The van der Waals surface area contributed by atoms with Crippen LogP contribution in [0.5, 0.6) is 0 Å².